The predicted molar refractivity (Wildman–Crippen MR) is 42.2 cm³/mol. The lowest BCUT2D eigenvalue weighted by Crippen LogP contribution is -2.24. The summed E-state index contributed by atoms with van der Waals surface area (Å²) >= 11 is 2.37. The Hall–Kier alpha value is 0.690. The number of ether oxygens (including phenoxy) is 1. The van der Waals surface area contributed by atoms with Crippen molar-refractivity contribution in [3.05, 3.63) is 0 Å². The number of rotatable bonds is 0. The topological polar surface area (TPSA) is 9.23 Å². The minimum Gasteiger partial charge on any atom is -0.365 e. The molecule has 1 aliphatic heterocycles. The van der Waals surface area contributed by atoms with Crippen LogP contribution in [-0.2, 0) is 4.74 Å². The molecule has 2 heteroatoms. The van der Waals surface area contributed by atoms with Gasteiger partial charge in [-0.1, -0.05) is 0 Å². The van der Waals surface area contributed by atoms with E-state index in [9.17, 15) is 0 Å². The Kier molecular flexibility index (Phi) is 2.14. The summed E-state index contributed by atoms with van der Waals surface area (Å²) < 4.78 is 5.60. The van der Waals surface area contributed by atoms with E-state index in [0.717, 1.165) is 6.61 Å². The lowest BCUT2D eigenvalue weighted by Gasteiger charge is -2.27. The number of halogens is 1. The molecule has 1 aliphatic rings. The first-order chi connectivity index (χ1) is 3.71. The van der Waals surface area contributed by atoms with Crippen molar-refractivity contribution < 1.29 is 4.74 Å². The van der Waals surface area contributed by atoms with Crippen LogP contribution < -0.4 is 0 Å². The third-order valence-electron chi connectivity index (χ3n) is 1.42. The minimum atomic E-state index is 0.149. The minimum absolute atomic E-state index is 0.149. The van der Waals surface area contributed by atoms with E-state index < -0.39 is 0 Å². The zero-order chi connectivity index (χ0) is 6.04. The summed E-state index contributed by atoms with van der Waals surface area (Å²) in [4.78, 5) is 0. The van der Waals surface area contributed by atoms with Gasteiger partial charge in [-0.05, 0) is 48.8 Å². The molecule has 0 amide bonds. The largest absolute Gasteiger partial charge is 0.365 e. The number of alkyl halides is 1. The first kappa shape index (κ1) is 6.81. The molecule has 1 rings (SSSR count). The van der Waals surface area contributed by atoms with Crippen LogP contribution in [0.15, 0.2) is 0 Å². The SMILES string of the molecule is CC1(I)CCCCO1. The van der Waals surface area contributed by atoms with Crippen LogP contribution in [-0.4, -0.2) is 10.2 Å². The predicted octanol–water partition coefficient (Wildman–Crippen LogP) is 2.34. The van der Waals surface area contributed by atoms with E-state index >= 15 is 0 Å². The lowest BCUT2D eigenvalue weighted by atomic mass is 10.1. The Morgan fingerprint density at radius 1 is 1.50 bits per heavy atom. The summed E-state index contributed by atoms with van der Waals surface area (Å²) in [6, 6.07) is 0. The van der Waals surface area contributed by atoms with Crippen molar-refractivity contribution in [2.24, 2.45) is 0 Å². The van der Waals surface area contributed by atoms with E-state index in [1.165, 1.54) is 19.3 Å². The van der Waals surface area contributed by atoms with Gasteiger partial charge in [-0.15, -0.1) is 0 Å². The first-order valence-electron chi connectivity index (χ1n) is 3.04. The van der Waals surface area contributed by atoms with E-state index in [0.29, 0.717) is 0 Å². The van der Waals surface area contributed by atoms with Gasteiger partial charge in [0.15, 0.2) is 0 Å². The fourth-order valence-corrected chi connectivity index (χ4v) is 1.50. The lowest BCUT2D eigenvalue weighted by molar-refractivity contribution is 0.0154. The highest BCUT2D eigenvalue weighted by molar-refractivity contribution is 14.1. The number of hydrogen-bond acceptors (Lipinski definition) is 1. The van der Waals surface area contributed by atoms with Crippen LogP contribution in [0.4, 0.5) is 0 Å². The van der Waals surface area contributed by atoms with Crippen LogP contribution in [0, 0.1) is 0 Å². The Labute approximate surface area is 63.9 Å². The van der Waals surface area contributed by atoms with Gasteiger partial charge in [-0.3, -0.25) is 0 Å². The van der Waals surface area contributed by atoms with Gasteiger partial charge < -0.3 is 4.74 Å². The van der Waals surface area contributed by atoms with Gasteiger partial charge in [0.25, 0.3) is 0 Å². The van der Waals surface area contributed by atoms with Gasteiger partial charge in [0.1, 0.15) is 3.61 Å². The van der Waals surface area contributed by atoms with E-state index in [4.69, 9.17) is 4.74 Å². The fraction of sp³-hybridized carbons (Fsp3) is 1.00. The molecule has 0 aromatic rings. The summed E-state index contributed by atoms with van der Waals surface area (Å²) in [6.45, 7) is 3.10. The second-order valence-corrected chi connectivity index (χ2v) is 4.69. The maximum atomic E-state index is 5.45. The third kappa shape index (κ3) is 1.90. The van der Waals surface area contributed by atoms with E-state index in [1.807, 2.05) is 0 Å². The molecule has 1 nitrogen and oxygen atoms in total. The van der Waals surface area contributed by atoms with Crippen molar-refractivity contribution in [3.63, 3.8) is 0 Å². The zero-order valence-electron chi connectivity index (χ0n) is 5.11. The van der Waals surface area contributed by atoms with Crippen molar-refractivity contribution in [1.29, 1.82) is 0 Å². The summed E-state index contributed by atoms with van der Waals surface area (Å²) in [5.41, 5.74) is 0. The summed E-state index contributed by atoms with van der Waals surface area (Å²) in [5.74, 6) is 0. The van der Waals surface area contributed by atoms with Crippen LogP contribution in [0.3, 0.4) is 0 Å². The summed E-state index contributed by atoms with van der Waals surface area (Å²) in [5, 5.41) is 0. The van der Waals surface area contributed by atoms with Crippen LogP contribution in [0.2, 0.25) is 0 Å². The molecular formula is C6H11IO. The average Bonchev–Trinajstić information content (AvgIpc) is 1.65. The van der Waals surface area contributed by atoms with Crippen LogP contribution in [0.25, 0.3) is 0 Å². The normalized spacial score (nSPS) is 39.8. The second-order valence-electron chi connectivity index (χ2n) is 2.41. The van der Waals surface area contributed by atoms with Gasteiger partial charge in [0.05, 0.1) is 0 Å². The van der Waals surface area contributed by atoms with E-state index in [2.05, 4.69) is 29.5 Å². The van der Waals surface area contributed by atoms with Crippen molar-refractivity contribution >= 4 is 22.6 Å². The molecule has 48 valence electrons. The quantitative estimate of drug-likeness (QED) is 0.455. The Morgan fingerprint density at radius 2 is 2.25 bits per heavy atom. The maximum absolute atomic E-state index is 5.45. The van der Waals surface area contributed by atoms with Crippen LogP contribution in [0.5, 0.6) is 0 Å². The highest BCUT2D eigenvalue weighted by Crippen LogP contribution is 2.30. The van der Waals surface area contributed by atoms with Gasteiger partial charge in [-0.2, -0.15) is 0 Å². The Balaban J connectivity index is 2.33. The van der Waals surface area contributed by atoms with Gasteiger partial charge in [0.2, 0.25) is 0 Å². The standard InChI is InChI=1S/C6H11IO/c1-6(7)4-2-3-5-8-6/h2-5H2,1H3. The van der Waals surface area contributed by atoms with Gasteiger partial charge >= 0.3 is 0 Å². The monoisotopic (exact) mass is 226 g/mol. The van der Waals surface area contributed by atoms with Crippen LogP contribution >= 0.6 is 22.6 Å². The molecule has 0 saturated carbocycles. The highest BCUT2D eigenvalue weighted by Gasteiger charge is 2.22. The van der Waals surface area contributed by atoms with E-state index in [1.54, 1.807) is 0 Å². The molecule has 1 fully saturated rings. The average molecular weight is 226 g/mol. The summed E-state index contributed by atoms with van der Waals surface area (Å²) in [7, 11) is 0. The molecule has 0 radical (unpaired) electrons. The molecule has 1 atom stereocenters. The van der Waals surface area contributed by atoms with Crippen molar-refractivity contribution in [1.82, 2.24) is 0 Å². The zero-order valence-corrected chi connectivity index (χ0v) is 7.27. The molecule has 0 spiro atoms. The molecule has 1 heterocycles. The van der Waals surface area contributed by atoms with Crippen molar-refractivity contribution in [3.8, 4) is 0 Å². The maximum Gasteiger partial charge on any atom is 0.116 e. The molecule has 1 unspecified atom stereocenters. The summed E-state index contributed by atoms with van der Waals surface area (Å²) in [6.07, 6.45) is 3.80. The molecule has 8 heavy (non-hydrogen) atoms. The van der Waals surface area contributed by atoms with Crippen molar-refractivity contribution in [2.75, 3.05) is 6.61 Å². The van der Waals surface area contributed by atoms with Crippen molar-refractivity contribution in [2.45, 2.75) is 29.8 Å². The fourth-order valence-electron chi connectivity index (χ4n) is 0.900. The Bertz CT molecular complexity index is 72.6. The molecule has 0 aromatic carbocycles. The number of hydrogen-bond donors (Lipinski definition) is 0. The molecular weight excluding hydrogens is 215 g/mol. The molecule has 1 saturated heterocycles. The third-order valence-corrected chi connectivity index (χ3v) is 2.27. The first-order valence-corrected chi connectivity index (χ1v) is 4.11. The van der Waals surface area contributed by atoms with Gasteiger partial charge in [-0.25, -0.2) is 0 Å². The molecule has 0 bridgehead atoms. The molecule has 0 aliphatic carbocycles. The smallest absolute Gasteiger partial charge is 0.116 e. The molecule has 0 N–H and O–H groups in total. The highest BCUT2D eigenvalue weighted by atomic mass is 127. The van der Waals surface area contributed by atoms with Gasteiger partial charge in [0, 0.05) is 6.61 Å². The van der Waals surface area contributed by atoms with Crippen LogP contribution in [0.1, 0.15) is 26.2 Å². The second kappa shape index (κ2) is 2.52. The Morgan fingerprint density at radius 3 is 2.50 bits per heavy atom. The van der Waals surface area contributed by atoms with E-state index in [-0.39, 0.29) is 3.61 Å². The molecule has 0 aromatic heterocycles.